The first-order chi connectivity index (χ1) is 13.6. The molecule has 1 saturated heterocycles. The summed E-state index contributed by atoms with van der Waals surface area (Å²) in [6, 6.07) is 16.8. The predicted molar refractivity (Wildman–Crippen MR) is 109 cm³/mol. The van der Waals surface area contributed by atoms with Gasteiger partial charge in [0.2, 0.25) is 5.91 Å². The quantitative estimate of drug-likeness (QED) is 0.735. The highest BCUT2D eigenvalue weighted by molar-refractivity contribution is 5.98. The van der Waals surface area contributed by atoms with E-state index in [2.05, 4.69) is 6.92 Å². The third-order valence-electron chi connectivity index (χ3n) is 5.16. The molecule has 0 N–H and O–H groups in total. The number of hydrogen-bond acceptors (Lipinski definition) is 3. The second kappa shape index (κ2) is 9.40. The van der Waals surface area contributed by atoms with Gasteiger partial charge in [-0.1, -0.05) is 50.1 Å². The summed E-state index contributed by atoms with van der Waals surface area (Å²) in [5.74, 6) is 0.788. The Hall–Kier alpha value is -2.82. The zero-order chi connectivity index (χ0) is 19.9. The van der Waals surface area contributed by atoms with Crippen molar-refractivity contribution in [2.24, 2.45) is 0 Å². The van der Waals surface area contributed by atoms with Gasteiger partial charge in [0.25, 0.3) is 5.91 Å². The Morgan fingerprint density at radius 3 is 2.46 bits per heavy atom. The van der Waals surface area contributed by atoms with E-state index in [-0.39, 0.29) is 17.9 Å². The van der Waals surface area contributed by atoms with Crippen LogP contribution in [0.5, 0.6) is 5.75 Å². The number of nitrogens with zero attached hydrogens (tertiary/aromatic N) is 2. The molecule has 1 unspecified atom stereocenters. The fourth-order valence-corrected chi connectivity index (χ4v) is 3.42. The van der Waals surface area contributed by atoms with Gasteiger partial charge in [-0.25, -0.2) is 0 Å². The summed E-state index contributed by atoms with van der Waals surface area (Å²) in [6.45, 7) is 3.70. The van der Waals surface area contributed by atoms with Crippen molar-refractivity contribution in [3.05, 3.63) is 65.7 Å². The van der Waals surface area contributed by atoms with E-state index < -0.39 is 0 Å². The van der Waals surface area contributed by atoms with Crippen LogP contribution in [0.4, 0.5) is 0 Å². The van der Waals surface area contributed by atoms with Gasteiger partial charge < -0.3 is 14.5 Å². The van der Waals surface area contributed by atoms with E-state index in [4.69, 9.17) is 4.74 Å². The van der Waals surface area contributed by atoms with Crippen molar-refractivity contribution < 1.29 is 14.3 Å². The van der Waals surface area contributed by atoms with E-state index in [0.29, 0.717) is 31.7 Å². The van der Waals surface area contributed by atoms with E-state index in [9.17, 15) is 9.59 Å². The average molecular weight is 380 g/mol. The lowest BCUT2D eigenvalue weighted by Crippen LogP contribution is -2.57. The van der Waals surface area contributed by atoms with Gasteiger partial charge in [-0.3, -0.25) is 9.59 Å². The van der Waals surface area contributed by atoms with E-state index in [1.807, 2.05) is 61.6 Å². The Kier molecular flexibility index (Phi) is 6.69. The van der Waals surface area contributed by atoms with E-state index in [0.717, 1.165) is 24.2 Å². The van der Waals surface area contributed by atoms with Crippen molar-refractivity contribution in [3.63, 3.8) is 0 Å². The molecule has 1 atom stereocenters. The normalized spacial score (nSPS) is 16.9. The number of likely N-dealkylation sites (N-methyl/N-ethyl adjacent to an activating group) is 1. The van der Waals surface area contributed by atoms with E-state index in [1.165, 1.54) is 0 Å². The lowest BCUT2D eigenvalue weighted by atomic mass is 10.0. The van der Waals surface area contributed by atoms with Crippen molar-refractivity contribution in [2.75, 3.05) is 20.1 Å². The van der Waals surface area contributed by atoms with Crippen LogP contribution < -0.4 is 4.74 Å². The van der Waals surface area contributed by atoms with Gasteiger partial charge in [0.1, 0.15) is 18.4 Å². The number of ether oxygens (including phenoxy) is 1. The minimum absolute atomic E-state index is 0.0425. The molecule has 0 spiro atoms. The minimum Gasteiger partial charge on any atom is -0.489 e. The molecule has 2 aromatic rings. The van der Waals surface area contributed by atoms with Gasteiger partial charge in [-0.15, -0.1) is 0 Å². The summed E-state index contributed by atoms with van der Waals surface area (Å²) in [5, 5.41) is 0. The fraction of sp³-hybridized carbons (Fsp3) is 0.391. The van der Waals surface area contributed by atoms with Gasteiger partial charge in [-0.05, 0) is 36.2 Å². The van der Waals surface area contributed by atoms with E-state index >= 15 is 0 Å². The Morgan fingerprint density at radius 1 is 1.07 bits per heavy atom. The highest BCUT2D eigenvalue weighted by atomic mass is 16.5. The highest BCUT2D eigenvalue weighted by Gasteiger charge is 2.35. The maximum Gasteiger partial charge on any atom is 0.254 e. The lowest BCUT2D eigenvalue weighted by Gasteiger charge is -2.39. The Bertz CT molecular complexity index is 789. The fourth-order valence-electron chi connectivity index (χ4n) is 3.42. The van der Waals surface area contributed by atoms with Crippen LogP contribution in [0.1, 0.15) is 42.1 Å². The molecule has 1 fully saturated rings. The van der Waals surface area contributed by atoms with Crippen LogP contribution in [0, 0.1) is 0 Å². The maximum absolute atomic E-state index is 13.0. The van der Waals surface area contributed by atoms with Crippen molar-refractivity contribution in [2.45, 2.75) is 38.8 Å². The first-order valence-electron chi connectivity index (χ1n) is 9.93. The molecule has 0 radical (unpaired) electrons. The average Bonchev–Trinajstić information content (AvgIpc) is 2.74. The van der Waals surface area contributed by atoms with Crippen LogP contribution >= 0.6 is 0 Å². The molecule has 148 valence electrons. The number of benzene rings is 2. The summed E-state index contributed by atoms with van der Waals surface area (Å²) in [6.07, 6.45) is 2.66. The van der Waals surface area contributed by atoms with Crippen LogP contribution in [0.15, 0.2) is 54.6 Å². The number of para-hydroxylation sites is 1. The van der Waals surface area contributed by atoms with Crippen LogP contribution in [-0.4, -0.2) is 47.8 Å². The SMILES string of the molecule is CCCCC1C(=O)N(C)CCN1C(=O)c1ccc(COc2ccccc2)cc1. The van der Waals surface area contributed by atoms with Crippen LogP contribution in [0.2, 0.25) is 0 Å². The second-order valence-electron chi connectivity index (χ2n) is 7.22. The predicted octanol–water partition coefficient (Wildman–Crippen LogP) is 3.74. The molecule has 0 aliphatic carbocycles. The van der Waals surface area contributed by atoms with Gasteiger partial charge in [-0.2, -0.15) is 0 Å². The molecule has 0 bridgehead atoms. The van der Waals surface area contributed by atoms with Crippen LogP contribution in [0.25, 0.3) is 0 Å². The standard InChI is InChI=1S/C23H28N2O3/c1-3-4-10-21-23(27)24(2)15-16-25(21)22(26)19-13-11-18(12-14-19)17-28-20-8-6-5-7-9-20/h5-9,11-14,21H,3-4,10,15-17H2,1-2H3. The summed E-state index contributed by atoms with van der Waals surface area (Å²) >= 11 is 0. The molecule has 3 rings (SSSR count). The molecular formula is C23H28N2O3. The highest BCUT2D eigenvalue weighted by Crippen LogP contribution is 2.20. The molecule has 1 aliphatic rings. The number of carbonyl (C=O) groups is 2. The largest absolute Gasteiger partial charge is 0.489 e. The van der Waals surface area contributed by atoms with Crippen molar-refractivity contribution >= 4 is 11.8 Å². The molecule has 2 amide bonds. The lowest BCUT2D eigenvalue weighted by molar-refractivity contribution is -0.138. The van der Waals surface area contributed by atoms with Crippen molar-refractivity contribution in [3.8, 4) is 5.75 Å². The number of unbranched alkanes of at least 4 members (excludes halogenated alkanes) is 1. The van der Waals surface area contributed by atoms with Crippen LogP contribution in [-0.2, 0) is 11.4 Å². The first kappa shape index (κ1) is 19.9. The zero-order valence-corrected chi connectivity index (χ0v) is 16.6. The molecule has 0 saturated carbocycles. The van der Waals surface area contributed by atoms with Crippen molar-refractivity contribution in [1.29, 1.82) is 0 Å². The Morgan fingerprint density at radius 2 is 1.79 bits per heavy atom. The molecule has 1 heterocycles. The third kappa shape index (κ3) is 4.71. The Labute approximate surface area is 166 Å². The van der Waals surface area contributed by atoms with Gasteiger partial charge in [0.05, 0.1) is 0 Å². The van der Waals surface area contributed by atoms with Gasteiger partial charge in [0.15, 0.2) is 0 Å². The number of hydrogen-bond donors (Lipinski definition) is 0. The van der Waals surface area contributed by atoms with Crippen molar-refractivity contribution in [1.82, 2.24) is 9.80 Å². The number of amides is 2. The number of piperazine rings is 1. The number of carbonyl (C=O) groups excluding carboxylic acids is 2. The molecule has 1 aliphatic heterocycles. The van der Waals surface area contributed by atoms with E-state index in [1.54, 1.807) is 9.80 Å². The third-order valence-corrected chi connectivity index (χ3v) is 5.16. The summed E-state index contributed by atoms with van der Waals surface area (Å²) in [5.41, 5.74) is 1.61. The van der Waals surface area contributed by atoms with Gasteiger partial charge >= 0.3 is 0 Å². The molecule has 5 heteroatoms. The molecule has 2 aromatic carbocycles. The Balaban J connectivity index is 1.66. The number of rotatable bonds is 7. The molecule has 28 heavy (non-hydrogen) atoms. The zero-order valence-electron chi connectivity index (χ0n) is 16.6. The van der Waals surface area contributed by atoms with Gasteiger partial charge in [0, 0.05) is 25.7 Å². The summed E-state index contributed by atoms with van der Waals surface area (Å²) in [4.78, 5) is 29.1. The smallest absolute Gasteiger partial charge is 0.254 e. The second-order valence-corrected chi connectivity index (χ2v) is 7.22. The minimum atomic E-state index is -0.354. The molecule has 5 nitrogen and oxygen atoms in total. The van der Waals surface area contributed by atoms with Crippen LogP contribution in [0.3, 0.4) is 0 Å². The molecule has 0 aromatic heterocycles. The first-order valence-corrected chi connectivity index (χ1v) is 9.93. The summed E-state index contributed by atoms with van der Waals surface area (Å²) < 4.78 is 5.75. The molecular weight excluding hydrogens is 352 g/mol. The maximum atomic E-state index is 13.0. The summed E-state index contributed by atoms with van der Waals surface area (Å²) in [7, 11) is 1.81. The topological polar surface area (TPSA) is 49.9 Å². The monoisotopic (exact) mass is 380 g/mol.